The van der Waals surface area contributed by atoms with Gasteiger partial charge in [-0.1, -0.05) is 0 Å². The molecule has 11 heteroatoms. The van der Waals surface area contributed by atoms with Crippen molar-refractivity contribution in [3.8, 4) is 28.5 Å². The second kappa shape index (κ2) is 10.0. The molecule has 1 saturated heterocycles. The monoisotopic (exact) mass is 488 g/mol. The van der Waals surface area contributed by atoms with E-state index in [1.54, 1.807) is 35.0 Å². The number of rotatable bonds is 9. The summed E-state index contributed by atoms with van der Waals surface area (Å²) in [6.07, 6.45) is 5.11. The van der Waals surface area contributed by atoms with Crippen molar-refractivity contribution in [2.75, 3.05) is 33.5 Å². The molecule has 0 radical (unpaired) electrons. The number of fused-ring (bicyclic) bond motifs is 1. The van der Waals surface area contributed by atoms with E-state index in [1.165, 1.54) is 13.2 Å². The first-order valence-corrected chi connectivity index (χ1v) is 11.4. The third kappa shape index (κ3) is 5.30. The summed E-state index contributed by atoms with van der Waals surface area (Å²) in [5.41, 5.74) is 1.66. The van der Waals surface area contributed by atoms with E-state index in [0.29, 0.717) is 42.5 Å². The fourth-order valence-electron chi connectivity index (χ4n) is 3.99. The Hall–Kier alpha value is -3.44. The smallest absolute Gasteiger partial charge is 0.387 e. The molecule has 1 aliphatic heterocycles. The summed E-state index contributed by atoms with van der Waals surface area (Å²) in [6.45, 7) is -0.568. The zero-order valence-electron chi connectivity index (χ0n) is 19.1. The third-order valence-electron chi connectivity index (χ3n) is 5.87. The Morgan fingerprint density at radius 3 is 2.86 bits per heavy atom. The van der Waals surface area contributed by atoms with Gasteiger partial charge in [0.2, 0.25) is 0 Å². The number of pyridine rings is 1. The number of benzene rings is 1. The topological polar surface area (TPSA) is 95.3 Å². The summed E-state index contributed by atoms with van der Waals surface area (Å²) in [6, 6.07) is 6.77. The molecule has 3 heterocycles. The van der Waals surface area contributed by atoms with Crippen molar-refractivity contribution in [3.63, 3.8) is 0 Å². The lowest BCUT2D eigenvalue weighted by atomic mass is 10.1. The first-order chi connectivity index (χ1) is 17.0. The fourth-order valence-corrected chi connectivity index (χ4v) is 3.99. The number of hydrogen-bond acceptors (Lipinski definition) is 7. The number of morpholine rings is 1. The molecule has 2 aliphatic rings. The average molecular weight is 488 g/mol. The van der Waals surface area contributed by atoms with Crippen LogP contribution in [0.15, 0.2) is 36.7 Å². The van der Waals surface area contributed by atoms with Crippen LogP contribution >= 0.6 is 0 Å². The first kappa shape index (κ1) is 23.3. The van der Waals surface area contributed by atoms with E-state index in [4.69, 9.17) is 18.9 Å². The molecule has 1 atom stereocenters. The molecule has 2 fully saturated rings. The number of alkyl halides is 2. The lowest BCUT2D eigenvalue weighted by molar-refractivity contribution is -0.0502. The molecule has 35 heavy (non-hydrogen) atoms. The SMILES string of the molecule is COc1cc(-c2cnc3cc(OCC4COCCN4)ccn23)cc(OC(F)F)c1C(=O)NC1CC1. The van der Waals surface area contributed by atoms with Gasteiger partial charge in [0.15, 0.2) is 0 Å². The van der Waals surface area contributed by atoms with Crippen molar-refractivity contribution in [1.82, 2.24) is 20.0 Å². The summed E-state index contributed by atoms with van der Waals surface area (Å²) in [5.74, 6) is 0.00997. The normalized spacial score (nSPS) is 18.0. The standard InChI is InChI=1S/C24H26F2N4O5/c1-32-19-8-14(9-20(35-24(25)26)22(19)23(31)29-15-2-3-15)18-11-28-21-10-17(4-6-30(18)21)34-13-16-12-33-7-5-27-16/h4,6,8-11,15-16,24,27H,2-3,5,7,12-13H2,1H3,(H,29,31). The minimum Gasteiger partial charge on any atom is -0.496 e. The molecule has 0 spiro atoms. The van der Waals surface area contributed by atoms with E-state index in [2.05, 4.69) is 15.6 Å². The lowest BCUT2D eigenvalue weighted by Crippen LogP contribution is -2.44. The van der Waals surface area contributed by atoms with E-state index in [1.807, 2.05) is 0 Å². The number of carbonyl (C=O) groups excluding carboxylic acids is 1. The quantitative estimate of drug-likeness (QED) is 0.478. The molecule has 186 valence electrons. The minimum atomic E-state index is -3.10. The van der Waals surface area contributed by atoms with Gasteiger partial charge in [0.25, 0.3) is 5.91 Å². The zero-order chi connectivity index (χ0) is 24.4. The summed E-state index contributed by atoms with van der Waals surface area (Å²) in [7, 11) is 1.38. The number of hydrogen-bond donors (Lipinski definition) is 2. The second-order valence-corrected chi connectivity index (χ2v) is 8.45. The van der Waals surface area contributed by atoms with Gasteiger partial charge in [0.05, 0.1) is 38.3 Å². The highest BCUT2D eigenvalue weighted by Crippen LogP contribution is 2.37. The molecule has 0 bridgehead atoms. The summed E-state index contributed by atoms with van der Waals surface area (Å²) in [4.78, 5) is 17.2. The van der Waals surface area contributed by atoms with Crippen LogP contribution in [0.3, 0.4) is 0 Å². The van der Waals surface area contributed by atoms with Crippen molar-refractivity contribution >= 4 is 11.6 Å². The molecule has 1 aromatic carbocycles. The molecule has 5 rings (SSSR count). The minimum absolute atomic E-state index is 0.0443. The highest BCUT2D eigenvalue weighted by molar-refractivity contribution is 6.01. The number of nitrogens with zero attached hydrogens (tertiary/aromatic N) is 2. The van der Waals surface area contributed by atoms with Crippen LogP contribution in [-0.2, 0) is 4.74 Å². The van der Waals surface area contributed by atoms with E-state index in [0.717, 1.165) is 19.4 Å². The molecule has 1 amide bonds. The van der Waals surface area contributed by atoms with Crippen LogP contribution in [-0.4, -0.2) is 67.5 Å². The molecule has 9 nitrogen and oxygen atoms in total. The van der Waals surface area contributed by atoms with Gasteiger partial charge in [-0.2, -0.15) is 8.78 Å². The van der Waals surface area contributed by atoms with Crippen LogP contribution < -0.4 is 24.8 Å². The largest absolute Gasteiger partial charge is 0.496 e. The van der Waals surface area contributed by atoms with Crippen LogP contribution in [0.4, 0.5) is 8.78 Å². The van der Waals surface area contributed by atoms with E-state index < -0.39 is 12.5 Å². The predicted molar refractivity (Wildman–Crippen MR) is 122 cm³/mol. The molecular formula is C24H26F2N4O5. The van der Waals surface area contributed by atoms with Crippen LogP contribution in [0.25, 0.3) is 16.9 Å². The van der Waals surface area contributed by atoms with Gasteiger partial charge in [0.1, 0.15) is 35.1 Å². The van der Waals surface area contributed by atoms with Crippen molar-refractivity contribution in [2.24, 2.45) is 0 Å². The number of ether oxygens (including phenoxy) is 4. The van der Waals surface area contributed by atoms with E-state index in [-0.39, 0.29) is 29.1 Å². The number of carbonyl (C=O) groups is 1. The van der Waals surface area contributed by atoms with Gasteiger partial charge in [-0.15, -0.1) is 0 Å². The van der Waals surface area contributed by atoms with Gasteiger partial charge in [-0.3, -0.25) is 9.20 Å². The van der Waals surface area contributed by atoms with Crippen LogP contribution in [0.5, 0.6) is 17.2 Å². The number of nitrogens with one attached hydrogen (secondary N) is 2. The summed E-state index contributed by atoms with van der Waals surface area (Å²) in [5, 5.41) is 6.13. The van der Waals surface area contributed by atoms with E-state index in [9.17, 15) is 13.6 Å². The number of imidazole rings is 1. The first-order valence-electron chi connectivity index (χ1n) is 11.4. The van der Waals surface area contributed by atoms with Crippen LogP contribution in [0.1, 0.15) is 23.2 Å². The van der Waals surface area contributed by atoms with Crippen molar-refractivity contribution in [1.29, 1.82) is 0 Å². The van der Waals surface area contributed by atoms with Crippen LogP contribution in [0.2, 0.25) is 0 Å². The summed E-state index contributed by atoms with van der Waals surface area (Å²) < 4.78 is 49.7. The maximum Gasteiger partial charge on any atom is 0.387 e. The predicted octanol–water partition coefficient (Wildman–Crippen LogP) is 2.87. The van der Waals surface area contributed by atoms with E-state index >= 15 is 0 Å². The maximum absolute atomic E-state index is 13.2. The Balaban J connectivity index is 1.44. The lowest BCUT2D eigenvalue weighted by Gasteiger charge is -2.23. The van der Waals surface area contributed by atoms with Gasteiger partial charge < -0.3 is 29.6 Å². The zero-order valence-corrected chi connectivity index (χ0v) is 19.1. The van der Waals surface area contributed by atoms with Crippen molar-refractivity contribution < 1.29 is 32.5 Å². The summed E-state index contributed by atoms with van der Waals surface area (Å²) >= 11 is 0. The Morgan fingerprint density at radius 1 is 1.31 bits per heavy atom. The van der Waals surface area contributed by atoms with Gasteiger partial charge in [-0.05, 0) is 31.0 Å². The van der Waals surface area contributed by atoms with Gasteiger partial charge >= 0.3 is 6.61 Å². The molecule has 3 aromatic rings. The Morgan fingerprint density at radius 2 is 2.14 bits per heavy atom. The molecule has 1 unspecified atom stereocenters. The average Bonchev–Trinajstić information content (AvgIpc) is 3.57. The van der Waals surface area contributed by atoms with Crippen LogP contribution in [0, 0.1) is 0 Å². The Kier molecular flexibility index (Phi) is 6.69. The number of methoxy groups -OCH3 is 1. The Labute approximate surface area is 200 Å². The molecule has 2 aromatic heterocycles. The highest BCUT2D eigenvalue weighted by atomic mass is 19.3. The fraction of sp³-hybridized carbons (Fsp3) is 0.417. The molecule has 1 aliphatic carbocycles. The van der Waals surface area contributed by atoms with Gasteiger partial charge in [0, 0.05) is 30.4 Å². The number of aromatic nitrogens is 2. The van der Waals surface area contributed by atoms with Crippen molar-refractivity contribution in [2.45, 2.75) is 31.5 Å². The second-order valence-electron chi connectivity index (χ2n) is 8.45. The Bertz CT molecular complexity index is 1210. The van der Waals surface area contributed by atoms with Crippen molar-refractivity contribution in [3.05, 3.63) is 42.2 Å². The highest BCUT2D eigenvalue weighted by Gasteiger charge is 2.29. The molecule has 2 N–H and O–H groups in total. The number of halogens is 2. The number of amides is 1. The third-order valence-corrected chi connectivity index (χ3v) is 5.87. The van der Waals surface area contributed by atoms with Gasteiger partial charge in [-0.25, -0.2) is 4.98 Å². The molecule has 1 saturated carbocycles. The maximum atomic E-state index is 13.2. The molecular weight excluding hydrogens is 462 g/mol.